The second-order valence-electron chi connectivity index (χ2n) is 4.02. The van der Waals surface area contributed by atoms with Crippen molar-refractivity contribution in [1.82, 2.24) is 4.98 Å². The fraction of sp³-hybridized carbons (Fsp3) is 0.385. The van der Waals surface area contributed by atoms with Crippen LogP contribution < -0.4 is 10.5 Å². The minimum absolute atomic E-state index is 0.000944. The van der Waals surface area contributed by atoms with Crippen LogP contribution in [0.5, 0.6) is 5.88 Å². The molecular formula is C13H15F4N3O. The number of aromatic nitrogens is 1. The van der Waals surface area contributed by atoms with Gasteiger partial charge in [-0.15, -0.1) is 0 Å². The summed E-state index contributed by atoms with van der Waals surface area (Å²) in [5.41, 5.74) is 3.89. The average Bonchev–Trinajstić information content (AvgIpc) is 2.41. The average molecular weight is 305 g/mol. The molecule has 0 atom stereocenters. The fourth-order valence-corrected chi connectivity index (χ4v) is 1.76. The van der Waals surface area contributed by atoms with Crippen molar-refractivity contribution in [2.75, 3.05) is 14.2 Å². The Labute approximate surface area is 119 Å². The molecule has 0 fully saturated rings. The highest BCUT2D eigenvalue weighted by Crippen LogP contribution is 2.39. The molecule has 0 spiro atoms. The summed E-state index contributed by atoms with van der Waals surface area (Å²) in [4.78, 5) is 7.37. The summed E-state index contributed by atoms with van der Waals surface area (Å²) < 4.78 is 57.5. The number of hydrogen-bond acceptors (Lipinski definition) is 4. The normalized spacial score (nSPS) is 13.0. The second kappa shape index (κ2) is 6.55. The molecule has 0 unspecified atom stereocenters. The Morgan fingerprint density at radius 3 is 2.48 bits per heavy atom. The molecule has 0 saturated carbocycles. The van der Waals surface area contributed by atoms with Crippen LogP contribution in [-0.2, 0) is 12.6 Å². The third kappa shape index (κ3) is 3.50. The third-order valence-electron chi connectivity index (χ3n) is 2.70. The monoisotopic (exact) mass is 305 g/mol. The van der Waals surface area contributed by atoms with E-state index < -0.39 is 23.4 Å². The maximum Gasteiger partial charge on any atom is 0.424 e. The summed E-state index contributed by atoms with van der Waals surface area (Å²) in [6, 6.07) is 0. The summed E-state index contributed by atoms with van der Waals surface area (Å²) in [6.45, 7) is 1.51. The third-order valence-corrected chi connectivity index (χ3v) is 2.70. The largest absolute Gasteiger partial charge is 0.480 e. The Morgan fingerprint density at radius 2 is 2.05 bits per heavy atom. The lowest BCUT2D eigenvalue weighted by Gasteiger charge is -2.17. The van der Waals surface area contributed by atoms with Crippen LogP contribution >= 0.6 is 0 Å². The molecule has 1 rings (SSSR count). The van der Waals surface area contributed by atoms with Gasteiger partial charge in [0.25, 0.3) is 0 Å². The van der Waals surface area contributed by atoms with Crippen molar-refractivity contribution < 1.29 is 22.3 Å². The molecule has 0 radical (unpaired) electrons. The van der Waals surface area contributed by atoms with Crippen LogP contribution in [0.4, 0.5) is 17.6 Å². The van der Waals surface area contributed by atoms with Crippen LogP contribution in [-0.4, -0.2) is 25.4 Å². The van der Waals surface area contributed by atoms with E-state index in [9.17, 15) is 17.6 Å². The van der Waals surface area contributed by atoms with Crippen molar-refractivity contribution in [3.63, 3.8) is 0 Å². The van der Waals surface area contributed by atoms with Gasteiger partial charge in [0, 0.05) is 18.8 Å². The van der Waals surface area contributed by atoms with E-state index in [4.69, 9.17) is 5.73 Å². The first-order valence-electron chi connectivity index (χ1n) is 5.99. The number of hydrogen-bond donors (Lipinski definition) is 1. The van der Waals surface area contributed by atoms with E-state index >= 15 is 0 Å². The Balaban J connectivity index is 3.67. The number of methoxy groups -OCH3 is 1. The van der Waals surface area contributed by atoms with Crippen LogP contribution in [0.15, 0.2) is 11.1 Å². The molecule has 0 aliphatic heterocycles. The van der Waals surface area contributed by atoms with Crippen LogP contribution in [0.2, 0.25) is 0 Å². The van der Waals surface area contributed by atoms with E-state index in [1.165, 1.54) is 26.3 Å². The van der Waals surface area contributed by atoms with E-state index in [1.54, 1.807) is 0 Å². The second-order valence-corrected chi connectivity index (χ2v) is 4.02. The molecule has 8 heteroatoms. The van der Waals surface area contributed by atoms with Gasteiger partial charge in [0.15, 0.2) is 5.56 Å². The predicted octanol–water partition coefficient (Wildman–Crippen LogP) is 2.81. The van der Waals surface area contributed by atoms with Crippen LogP contribution in [0, 0.1) is 5.82 Å². The number of allylic oxidation sites excluding steroid dienone is 1. The van der Waals surface area contributed by atoms with Gasteiger partial charge >= 0.3 is 6.18 Å². The lowest BCUT2D eigenvalue weighted by atomic mass is 10.0. The summed E-state index contributed by atoms with van der Waals surface area (Å²) in [6.07, 6.45) is -2.25. The summed E-state index contributed by atoms with van der Waals surface area (Å²) in [7, 11) is 2.48. The number of halogens is 4. The number of ether oxygens (including phenoxy) is 1. The Kier molecular flexibility index (Phi) is 5.28. The quantitative estimate of drug-likeness (QED) is 0.687. The number of aliphatic imine (C=N–C) groups is 1. The van der Waals surface area contributed by atoms with Gasteiger partial charge in [0.05, 0.1) is 18.5 Å². The summed E-state index contributed by atoms with van der Waals surface area (Å²) in [5, 5.41) is 0. The number of pyridine rings is 1. The number of alkyl halides is 3. The van der Waals surface area contributed by atoms with Crippen LogP contribution in [0.3, 0.4) is 0 Å². The molecule has 0 aromatic carbocycles. The van der Waals surface area contributed by atoms with Gasteiger partial charge in [0.2, 0.25) is 5.88 Å². The molecule has 0 amide bonds. The maximum atomic E-state index is 14.2. The first-order valence-corrected chi connectivity index (χ1v) is 5.99. The van der Waals surface area contributed by atoms with Crippen molar-refractivity contribution in [2.24, 2.45) is 10.7 Å². The molecule has 1 aromatic rings. The molecular weight excluding hydrogens is 290 g/mol. The van der Waals surface area contributed by atoms with Gasteiger partial charge in [-0.1, -0.05) is 6.92 Å². The lowest BCUT2D eigenvalue weighted by Crippen LogP contribution is -2.17. The highest BCUT2D eigenvalue weighted by Gasteiger charge is 2.40. The summed E-state index contributed by atoms with van der Waals surface area (Å²) >= 11 is 0. The van der Waals surface area contributed by atoms with Crippen LogP contribution in [0.1, 0.15) is 23.7 Å². The van der Waals surface area contributed by atoms with Crippen molar-refractivity contribution in [3.8, 4) is 5.88 Å². The van der Waals surface area contributed by atoms with E-state index in [-0.39, 0.29) is 23.4 Å². The number of nitrogens with two attached hydrogens (primary N) is 1. The fourth-order valence-electron chi connectivity index (χ4n) is 1.76. The Hall–Kier alpha value is -2.12. The zero-order valence-electron chi connectivity index (χ0n) is 11.8. The number of rotatable bonds is 4. The molecule has 1 aromatic heterocycles. The minimum Gasteiger partial charge on any atom is -0.480 e. The van der Waals surface area contributed by atoms with Crippen molar-refractivity contribution in [1.29, 1.82) is 0 Å². The van der Waals surface area contributed by atoms with Gasteiger partial charge in [-0.3, -0.25) is 4.99 Å². The zero-order chi connectivity index (χ0) is 16.2. The maximum absolute atomic E-state index is 14.2. The van der Waals surface area contributed by atoms with Crippen molar-refractivity contribution >= 4 is 11.9 Å². The van der Waals surface area contributed by atoms with Gasteiger partial charge in [0.1, 0.15) is 5.82 Å². The number of nitrogens with zero attached hydrogens (tertiary/aromatic N) is 2. The topological polar surface area (TPSA) is 60.5 Å². The highest BCUT2D eigenvalue weighted by molar-refractivity contribution is 5.83. The lowest BCUT2D eigenvalue weighted by molar-refractivity contribution is -0.141. The smallest absolute Gasteiger partial charge is 0.424 e. The van der Waals surface area contributed by atoms with E-state index in [2.05, 4.69) is 14.7 Å². The molecule has 0 aliphatic rings. The molecule has 4 nitrogen and oxygen atoms in total. The minimum atomic E-state index is -4.91. The zero-order valence-corrected chi connectivity index (χ0v) is 11.8. The molecule has 21 heavy (non-hydrogen) atoms. The van der Waals surface area contributed by atoms with Gasteiger partial charge < -0.3 is 10.5 Å². The molecule has 116 valence electrons. The molecule has 0 bridgehead atoms. The van der Waals surface area contributed by atoms with Crippen molar-refractivity contribution in [2.45, 2.75) is 19.5 Å². The van der Waals surface area contributed by atoms with Gasteiger partial charge in [-0.2, -0.15) is 13.2 Å². The Bertz CT molecular complexity index is 580. The van der Waals surface area contributed by atoms with Crippen molar-refractivity contribution in [3.05, 3.63) is 28.7 Å². The standard InChI is InChI=1S/C13H15F4N3O/c1-4-7-10(14)9(13(15,16)17)12(21-3)20-11(7)8(18)5-6-19-2/h5-6H,4,18H2,1-3H3. The highest BCUT2D eigenvalue weighted by atomic mass is 19.4. The SMILES string of the molecule is CCc1c(C(N)=CC=NC)nc(OC)c(C(F)(F)F)c1F. The van der Waals surface area contributed by atoms with Crippen LogP contribution in [0.25, 0.3) is 5.70 Å². The van der Waals surface area contributed by atoms with E-state index in [1.807, 2.05) is 0 Å². The molecule has 2 N–H and O–H groups in total. The predicted molar refractivity (Wildman–Crippen MR) is 71.7 cm³/mol. The van der Waals surface area contributed by atoms with Gasteiger partial charge in [-0.05, 0) is 12.5 Å². The molecule has 0 saturated heterocycles. The van der Waals surface area contributed by atoms with E-state index in [0.717, 1.165) is 7.11 Å². The summed E-state index contributed by atoms with van der Waals surface area (Å²) in [5.74, 6) is -2.27. The first kappa shape index (κ1) is 16.9. The van der Waals surface area contributed by atoms with Gasteiger partial charge in [-0.25, -0.2) is 9.37 Å². The van der Waals surface area contributed by atoms with E-state index in [0.29, 0.717) is 0 Å². The molecule has 1 heterocycles. The first-order chi connectivity index (χ1) is 9.77. The Morgan fingerprint density at radius 1 is 1.43 bits per heavy atom. The molecule has 0 aliphatic carbocycles.